The van der Waals surface area contributed by atoms with Crippen LogP contribution in [0.2, 0.25) is 0 Å². The minimum atomic E-state index is -3.68. The molecule has 1 aromatic heterocycles. The molecule has 1 saturated heterocycles. The number of aromatic nitrogens is 2. The van der Waals surface area contributed by atoms with Crippen molar-refractivity contribution in [3.63, 3.8) is 0 Å². The number of aromatic amines is 1. The van der Waals surface area contributed by atoms with Crippen molar-refractivity contribution in [3.05, 3.63) is 11.4 Å². The molecule has 2 N–H and O–H groups in total. The standard InChI is InChI=1S/C11H17N3O4S/c1-6-4-14(5-9(6)11(15)16)19(17,18)10-7(2)12-13-8(10)3/h6,9H,4-5H2,1-3H3,(H,12,13)(H,15,16)/t6-,9-/m1/s1. The minimum Gasteiger partial charge on any atom is -0.481 e. The summed E-state index contributed by atoms with van der Waals surface area (Å²) in [5.41, 5.74) is 0.882. The highest BCUT2D eigenvalue weighted by Gasteiger charge is 2.42. The first kappa shape index (κ1) is 14.0. The van der Waals surface area contributed by atoms with E-state index in [4.69, 9.17) is 5.11 Å². The Morgan fingerprint density at radius 2 is 2.05 bits per heavy atom. The summed E-state index contributed by atoms with van der Waals surface area (Å²) in [5, 5.41) is 15.6. The summed E-state index contributed by atoms with van der Waals surface area (Å²) < 4.78 is 26.3. The molecular weight excluding hydrogens is 270 g/mol. The lowest BCUT2D eigenvalue weighted by molar-refractivity contribution is -0.142. The van der Waals surface area contributed by atoms with Crippen LogP contribution < -0.4 is 0 Å². The number of sulfonamides is 1. The topological polar surface area (TPSA) is 103 Å². The van der Waals surface area contributed by atoms with Crippen LogP contribution in [-0.2, 0) is 14.8 Å². The van der Waals surface area contributed by atoms with Gasteiger partial charge < -0.3 is 5.11 Å². The van der Waals surface area contributed by atoms with E-state index in [9.17, 15) is 13.2 Å². The lowest BCUT2D eigenvalue weighted by Crippen LogP contribution is -2.30. The van der Waals surface area contributed by atoms with Gasteiger partial charge in [0.25, 0.3) is 0 Å². The number of aryl methyl sites for hydroxylation is 2. The van der Waals surface area contributed by atoms with Crippen LogP contribution in [0.4, 0.5) is 0 Å². The van der Waals surface area contributed by atoms with E-state index in [0.717, 1.165) is 0 Å². The third-order valence-electron chi connectivity index (χ3n) is 3.55. The smallest absolute Gasteiger partial charge is 0.308 e. The fourth-order valence-electron chi connectivity index (χ4n) is 2.49. The van der Waals surface area contributed by atoms with Crippen molar-refractivity contribution in [1.82, 2.24) is 14.5 Å². The van der Waals surface area contributed by atoms with Crippen molar-refractivity contribution < 1.29 is 18.3 Å². The summed E-state index contributed by atoms with van der Waals surface area (Å²) in [6, 6.07) is 0. The monoisotopic (exact) mass is 287 g/mol. The van der Waals surface area contributed by atoms with Crippen molar-refractivity contribution in [3.8, 4) is 0 Å². The predicted octanol–water partition coefficient (Wildman–Crippen LogP) is 0.368. The molecule has 1 aliphatic heterocycles. The van der Waals surface area contributed by atoms with Gasteiger partial charge in [-0.05, 0) is 19.8 Å². The number of hydrogen-bond donors (Lipinski definition) is 2. The summed E-state index contributed by atoms with van der Waals surface area (Å²) in [4.78, 5) is 11.2. The third kappa shape index (κ3) is 2.25. The van der Waals surface area contributed by atoms with E-state index in [0.29, 0.717) is 11.4 Å². The van der Waals surface area contributed by atoms with Crippen molar-refractivity contribution in [2.45, 2.75) is 25.7 Å². The van der Waals surface area contributed by atoms with E-state index < -0.39 is 21.9 Å². The van der Waals surface area contributed by atoms with Crippen LogP contribution in [0.25, 0.3) is 0 Å². The van der Waals surface area contributed by atoms with Crippen LogP contribution in [0.1, 0.15) is 18.3 Å². The highest BCUT2D eigenvalue weighted by molar-refractivity contribution is 7.89. The highest BCUT2D eigenvalue weighted by Crippen LogP contribution is 2.30. The van der Waals surface area contributed by atoms with E-state index in [2.05, 4.69) is 10.2 Å². The number of aliphatic carboxylic acids is 1. The van der Waals surface area contributed by atoms with Gasteiger partial charge in [0.1, 0.15) is 4.90 Å². The van der Waals surface area contributed by atoms with Crippen LogP contribution in [0, 0.1) is 25.7 Å². The lowest BCUT2D eigenvalue weighted by atomic mass is 9.99. The molecule has 0 bridgehead atoms. The van der Waals surface area contributed by atoms with E-state index in [1.54, 1.807) is 20.8 Å². The SMILES string of the molecule is Cc1n[nH]c(C)c1S(=O)(=O)N1C[C@@H](C)[C@H](C(=O)O)C1. The van der Waals surface area contributed by atoms with Gasteiger partial charge >= 0.3 is 5.97 Å². The molecule has 2 rings (SSSR count). The molecule has 0 aromatic carbocycles. The fourth-order valence-corrected chi connectivity index (χ4v) is 4.39. The maximum absolute atomic E-state index is 12.5. The predicted molar refractivity (Wildman–Crippen MR) is 67.1 cm³/mol. The number of rotatable bonds is 3. The maximum Gasteiger partial charge on any atom is 0.308 e. The summed E-state index contributed by atoms with van der Waals surface area (Å²) in [6.07, 6.45) is 0. The first-order chi connectivity index (χ1) is 8.75. The molecule has 1 fully saturated rings. The molecule has 0 radical (unpaired) electrons. The van der Waals surface area contributed by atoms with Crippen LogP contribution >= 0.6 is 0 Å². The van der Waals surface area contributed by atoms with Crippen LogP contribution in [0.3, 0.4) is 0 Å². The Balaban J connectivity index is 2.35. The second-order valence-electron chi connectivity index (χ2n) is 5.01. The Morgan fingerprint density at radius 1 is 1.42 bits per heavy atom. The van der Waals surface area contributed by atoms with Crippen LogP contribution in [0.5, 0.6) is 0 Å². The summed E-state index contributed by atoms with van der Waals surface area (Å²) in [7, 11) is -3.68. The van der Waals surface area contributed by atoms with Gasteiger partial charge in [-0.15, -0.1) is 0 Å². The van der Waals surface area contributed by atoms with Crippen LogP contribution in [0.15, 0.2) is 4.90 Å². The molecule has 0 amide bonds. The Labute approximate surface area is 111 Å². The molecule has 8 heteroatoms. The molecule has 1 aliphatic rings. The zero-order valence-electron chi connectivity index (χ0n) is 11.0. The summed E-state index contributed by atoms with van der Waals surface area (Å²) in [6.45, 7) is 5.25. The van der Waals surface area contributed by atoms with Gasteiger partial charge in [-0.1, -0.05) is 6.92 Å². The zero-order chi connectivity index (χ0) is 14.4. The fraction of sp³-hybridized carbons (Fsp3) is 0.636. The maximum atomic E-state index is 12.5. The Morgan fingerprint density at radius 3 is 2.47 bits per heavy atom. The van der Waals surface area contributed by atoms with Gasteiger partial charge in [-0.3, -0.25) is 9.89 Å². The zero-order valence-corrected chi connectivity index (χ0v) is 11.9. The average molecular weight is 287 g/mol. The molecule has 0 saturated carbocycles. The number of carboxylic acid groups (broad SMARTS) is 1. The van der Waals surface area contributed by atoms with E-state index >= 15 is 0 Å². The number of carbonyl (C=O) groups is 1. The molecule has 0 unspecified atom stereocenters. The average Bonchev–Trinajstić information content (AvgIpc) is 2.83. The summed E-state index contributed by atoms with van der Waals surface area (Å²) in [5.74, 6) is -1.80. The minimum absolute atomic E-state index is 0.0168. The Hall–Kier alpha value is -1.41. The molecule has 1 aromatic rings. The second kappa shape index (κ2) is 4.61. The molecule has 19 heavy (non-hydrogen) atoms. The number of carboxylic acids is 1. The van der Waals surface area contributed by atoms with Gasteiger partial charge in [0, 0.05) is 13.1 Å². The second-order valence-corrected chi connectivity index (χ2v) is 6.88. The normalized spacial score (nSPS) is 24.8. The third-order valence-corrected chi connectivity index (χ3v) is 5.65. The molecule has 0 spiro atoms. The number of nitrogens with zero attached hydrogens (tertiary/aromatic N) is 2. The van der Waals surface area contributed by atoms with Gasteiger partial charge in [0.05, 0.1) is 17.3 Å². The molecule has 0 aliphatic carbocycles. The Kier molecular flexibility index (Phi) is 3.40. The lowest BCUT2D eigenvalue weighted by Gasteiger charge is -2.16. The van der Waals surface area contributed by atoms with Gasteiger partial charge in [-0.2, -0.15) is 9.40 Å². The number of H-pyrrole nitrogens is 1. The van der Waals surface area contributed by atoms with E-state index in [-0.39, 0.29) is 23.9 Å². The van der Waals surface area contributed by atoms with Gasteiger partial charge in [0.2, 0.25) is 10.0 Å². The molecule has 2 heterocycles. The first-order valence-corrected chi connectivity index (χ1v) is 7.43. The largest absolute Gasteiger partial charge is 0.481 e. The quantitative estimate of drug-likeness (QED) is 0.836. The molecule has 7 nitrogen and oxygen atoms in total. The van der Waals surface area contributed by atoms with Gasteiger partial charge in [0.15, 0.2) is 0 Å². The van der Waals surface area contributed by atoms with Crippen molar-refractivity contribution >= 4 is 16.0 Å². The van der Waals surface area contributed by atoms with E-state index in [1.807, 2.05) is 0 Å². The number of nitrogens with one attached hydrogen (secondary N) is 1. The highest BCUT2D eigenvalue weighted by atomic mass is 32.2. The van der Waals surface area contributed by atoms with E-state index in [1.165, 1.54) is 4.31 Å². The van der Waals surface area contributed by atoms with Crippen molar-refractivity contribution in [2.24, 2.45) is 11.8 Å². The van der Waals surface area contributed by atoms with Crippen LogP contribution in [-0.4, -0.2) is 47.1 Å². The van der Waals surface area contributed by atoms with Crippen molar-refractivity contribution in [2.75, 3.05) is 13.1 Å². The molecule has 2 atom stereocenters. The molecule has 106 valence electrons. The first-order valence-electron chi connectivity index (χ1n) is 5.99. The van der Waals surface area contributed by atoms with Gasteiger partial charge in [-0.25, -0.2) is 8.42 Å². The Bertz CT molecular complexity index is 588. The number of hydrogen-bond acceptors (Lipinski definition) is 4. The van der Waals surface area contributed by atoms with Crippen molar-refractivity contribution in [1.29, 1.82) is 0 Å². The summed E-state index contributed by atoms with van der Waals surface area (Å²) >= 11 is 0. The molecular formula is C11H17N3O4S.